The fourth-order valence-corrected chi connectivity index (χ4v) is 6.21. The topological polar surface area (TPSA) is 115 Å². The van der Waals surface area contributed by atoms with E-state index in [0.29, 0.717) is 26.3 Å². The Morgan fingerprint density at radius 3 is 2.13 bits per heavy atom. The van der Waals surface area contributed by atoms with Gasteiger partial charge in [-0.25, -0.2) is 9.78 Å². The van der Waals surface area contributed by atoms with Crippen LogP contribution in [0, 0.1) is 16.7 Å². The molecule has 0 saturated carbocycles. The Labute approximate surface area is 225 Å². The Balaban J connectivity index is 1.10. The fourth-order valence-electron chi connectivity index (χ4n) is 6.21. The highest BCUT2D eigenvalue weighted by atomic mass is 16.7. The first kappa shape index (κ1) is 24.1. The summed E-state index contributed by atoms with van der Waals surface area (Å²) in [6, 6.07) is 14.5. The smallest absolute Gasteiger partial charge is 0.346 e. The van der Waals surface area contributed by atoms with Crippen molar-refractivity contribution in [2.75, 3.05) is 39.8 Å². The van der Waals surface area contributed by atoms with Gasteiger partial charge in [0.15, 0.2) is 13.6 Å². The fraction of sp³-hybridized carbons (Fsp3) is 0.429. The molecule has 0 radical (unpaired) electrons. The van der Waals surface area contributed by atoms with E-state index in [2.05, 4.69) is 39.2 Å². The molecule has 0 aliphatic carbocycles. The number of aromatic nitrogens is 3. The van der Waals surface area contributed by atoms with Gasteiger partial charge in [0.2, 0.25) is 0 Å². The molecule has 4 aliphatic rings. The molecule has 3 aromatic rings. The van der Waals surface area contributed by atoms with Crippen molar-refractivity contribution in [3.8, 4) is 17.6 Å². The van der Waals surface area contributed by atoms with Crippen LogP contribution in [0.4, 0.5) is 4.79 Å². The van der Waals surface area contributed by atoms with Gasteiger partial charge in [-0.05, 0) is 53.6 Å². The van der Waals surface area contributed by atoms with Crippen LogP contribution >= 0.6 is 0 Å². The van der Waals surface area contributed by atoms with E-state index in [4.69, 9.17) is 24.2 Å². The first-order valence-corrected chi connectivity index (χ1v) is 13.1. The van der Waals surface area contributed by atoms with E-state index < -0.39 is 0 Å². The summed E-state index contributed by atoms with van der Waals surface area (Å²) >= 11 is 0. The van der Waals surface area contributed by atoms with Gasteiger partial charge < -0.3 is 23.8 Å². The first-order valence-electron chi connectivity index (χ1n) is 13.1. The van der Waals surface area contributed by atoms with Gasteiger partial charge in [-0.2, -0.15) is 9.94 Å². The Hall–Kier alpha value is -3.98. The number of amides is 1. The van der Waals surface area contributed by atoms with Gasteiger partial charge in [0.25, 0.3) is 5.82 Å². The second-order valence-corrected chi connectivity index (χ2v) is 10.7. The van der Waals surface area contributed by atoms with E-state index in [1.54, 1.807) is 4.90 Å². The number of hydrogen-bond acceptors (Lipinski definition) is 9. The molecule has 2 aromatic carbocycles. The van der Waals surface area contributed by atoms with Gasteiger partial charge >= 0.3 is 6.03 Å². The normalized spacial score (nSPS) is 19.8. The number of rotatable bonds is 3. The van der Waals surface area contributed by atoms with Crippen molar-refractivity contribution in [3.05, 3.63) is 70.8 Å². The highest BCUT2D eigenvalue weighted by molar-refractivity contribution is 5.75. The summed E-state index contributed by atoms with van der Waals surface area (Å²) in [5.41, 5.74) is 4.67. The standard InChI is InChI=1S/C28H28N6O5/c29-11-25-30-16-34(31-25)27(35)32-7-5-28(6-8-32)14-33(15-28)26(19-1-3-23-21(9-19)12-36-17-38-23)20-2-4-24-22(10-20)13-37-18-39-24/h1-4,9-10,16,26H,5-8,12-15,17-18H2. The van der Waals surface area contributed by atoms with E-state index in [1.807, 2.05) is 18.2 Å². The maximum absolute atomic E-state index is 12.8. The number of hydrogen-bond donors (Lipinski definition) is 0. The predicted molar refractivity (Wildman–Crippen MR) is 136 cm³/mol. The van der Waals surface area contributed by atoms with Crippen LogP contribution in [-0.2, 0) is 22.7 Å². The lowest BCUT2D eigenvalue weighted by Gasteiger charge is -2.56. The molecule has 0 atom stereocenters. The summed E-state index contributed by atoms with van der Waals surface area (Å²) in [6.45, 7) is 4.83. The van der Waals surface area contributed by atoms with E-state index in [9.17, 15) is 4.79 Å². The monoisotopic (exact) mass is 528 g/mol. The van der Waals surface area contributed by atoms with Crippen LogP contribution in [-0.4, -0.2) is 70.4 Å². The Kier molecular flexibility index (Phi) is 5.96. The SMILES string of the molecule is N#Cc1ncn(C(=O)N2CCC3(CC2)CN(C(c2ccc4c(c2)COCO4)c2ccc4c(c2)COCO4)C3)n1. The van der Waals surface area contributed by atoms with E-state index >= 15 is 0 Å². The highest BCUT2D eigenvalue weighted by Gasteiger charge is 2.48. The van der Waals surface area contributed by atoms with Gasteiger partial charge in [-0.3, -0.25) is 4.90 Å². The van der Waals surface area contributed by atoms with Crippen LogP contribution in [0.15, 0.2) is 42.7 Å². The lowest BCUT2D eigenvalue weighted by atomic mass is 9.70. The molecule has 2 fully saturated rings. The van der Waals surface area contributed by atoms with Crippen molar-refractivity contribution in [2.24, 2.45) is 5.41 Å². The van der Waals surface area contributed by atoms with Crippen molar-refractivity contribution in [2.45, 2.75) is 32.1 Å². The largest absolute Gasteiger partial charge is 0.467 e. The first-order chi connectivity index (χ1) is 19.1. The minimum Gasteiger partial charge on any atom is -0.467 e. The van der Waals surface area contributed by atoms with Crippen LogP contribution in [0.2, 0.25) is 0 Å². The molecule has 200 valence electrons. The van der Waals surface area contributed by atoms with Crippen molar-refractivity contribution < 1.29 is 23.7 Å². The highest BCUT2D eigenvalue weighted by Crippen LogP contribution is 2.47. The number of nitrogens with zero attached hydrogens (tertiary/aromatic N) is 6. The zero-order valence-electron chi connectivity index (χ0n) is 21.4. The summed E-state index contributed by atoms with van der Waals surface area (Å²) < 4.78 is 23.6. The van der Waals surface area contributed by atoms with Gasteiger partial charge in [-0.15, -0.1) is 5.10 Å². The zero-order valence-corrected chi connectivity index (χ0v) is 21.4. The second kappa shape index (κ2) is 9.64. The lowest BCUT2D eigenvalue weighted by molar-refractivity contribution is -0.0566. The molecule has 0 unspecified atom stereocenters. The average Bonchev–Trinajstić information content (AvgIpc) is 3.46. The van der Waals surface area contributed by atoms with E-state index in [-0.39, 0.29) is 36.9 Å². The Bertz CT molecular complexity index is 1390. The molecule has 0 N–H and O–H groups in total. The molecule has 11 heteroatoms. The molecule has 0 bridgehead atoms. The number of carbonyl (C=O) groups is 1. The second-order valence-electron chi connectivity index (χ2n) is 10.7. The summed E-state index contributed by atoms with van der Waals surface area (Å²) in [5.74, 6) is 1.75. The van der Waals surface area contributed by atoms with Crippen molar-refractivity contribution >= 4 is 6.03 Å². The molecular weight excluding hydrogens is 500 g/mol. The average molecular weight is 529 g/mol. The molecule has 7 rings (SSSR count). The molecule has 39 heavy (non-hydrogen) atoms. The Morgan fingerprint density at radius 2 is 1.56 bits per heavy atom. The van der Waals surface area contributed by atoms with Crippen LogP contribution in [0.5, 0.6) is 11.5 Å². The third-order valence-electron chi connectivity index (χ3n) is 8.24. The summed E-state index contributed by atoms with van der Waals surface area (Å²) in [5, 5.41) is 12.9. The van der Waals surface area contributed by atoms with Crippen molar-refractivity contribution in [3.63, 3.8) is 0 Å². The molecule has 1 amide bonds. The molecule has 1 aromatic heterocycles. The van der Waals surface area contributed by atoms with Gasteiger partial charge in [0, 0.05) is 37.3 Å². The number of fused-ring (bicyclic) bond motifs is 2. The molecule has 1 spiro atoms. The third-order valence-corrected chi connectivity index (χ3v) is 8.24. The van der Waals surface area contributed by atoms with Crippen LogP contribution in [0.25, 0.3) is 0 Å². The number of piperidine rings is 1. The minimum atomic E-state index is -0.232. The van der Waals surface area contributed by atoms with E-state index in [1.165, 1.54) is 17.5 Å². The number of likely N-dealkylation sites (tertiary alicyclic amines) is 2. The maximum atomic E-state index is 12.8. The van der Waals surface area contributed by atoms with Crippen LogP contribution in [0.1, 0.15) is 47.0 Å². The molecule has 2 saturated heterocycles. The lowest BCUT2D eigenvalue weighted by Crippen LogP contribution is -2.61. The van der Waals surface area contributed by atoms with Gasteiger partial charge in [0.05, 0.1) is 19.3 Å². The quantitative estimate of drug-likeness (QED) is 0.506. The molecule has 4 aliphatic heterocycles. The third kappa shape index (κ3) is 4.40. The van der Waals surface area contributed by atoms with Gasteiger partial charge in [-0.1, -0.05) is 12.1 Å². The van der Waals surface area contributed by atoms with Crippen LogP contribution < -0.4 is 9.47 Å². The number of ether oxygens (including phenoxy) is 4. The Morgan fingerprint density at radius 1 is 0.949 bits per heavy atom. The zero-order chi connectivity index (χ0) is 26.4. The predicted octanol–water partition coefficient (Wildman–Crippen LogP) is 3.04. The summed E-state index contributed by atoms with van der Waals surface area (Å²) in [6.07, 6.45) is 3.14. The number of nitriles is 1. The van der Waals surface area contributed by atoms with Crippen molar-refractivity contribution in [1.82, 2.24) is 24.6 Å². The minimum absolute atomic E-state index is 0.00175. The van der Waals surface area contributed by atoms with Crippen LogP contribution in [0.3, 0.4) is 0 Å². The number of benzene rings is 2. The number of carbonyl (C=O) groups excluding carboxylic acids is 1. The maximum Gasteiger partial charge on any atom is 0.346 e. The molecule has 11 nitrogen and oxygen atoms in total. The molecular formula is C28H28N6O5. The van der Waals surface area contributed by atoms with Gasteiger partial charge in [0.1, 0.15) is 23.9 Å². The summed E-state index contributed by atoms with van der Waals surface area (Å²) in [7, 11) is 0. The summed E-state index contributed by atoms with van der Waals surface area (Å²) in [4.78, 5) is 21.0. The van der Waals surface area contributed by atoms with Crippen molar-refractivity contribution in [1.29, 1.82) is 5.26 Å². The van der Waals surface area contributed by atoms with E-state index in [0.717, 1.165) is 53.2 Å². The molecule has 5 heterocycles.